The van der Waals surface area contributed by atoms with Crippen LogP contribution in [0.2, 0.25) is 5.02 Å². The third-order valence-electron chi connectivity index (χ3n) is 4.91. The number of ether oxygens (including phenoxy) is 1. The smallest absolute Gasteiger partial charge is 0.236 e. The fourth-order valence-electron chi connectivity index (χ4n) is 3.24. The van der Waals surface area contributed by atoms with E-state index in [0.717, 1.165) is 48.2 Å². The Balaban J connectivity index is 1.47. The first kappa shape index (κ1) is 19.5. The predicted molar refractivity (Wildman–Crippen MR) is 110 cm³/mol. The number of halogens is 1. The van der Waals surface area contributed by atoms with Crippen LogP contribution in [0.15, 0.2) is 48.5 Å². The maximum absolute atomic E-state index is 12.6. The second-order valence-electron chi connectivity index (χ2n) is 6.84. The van der Waals surface area contributed by atoms with Crippen LogP contribution in [-0.2, 0) is 11.3 Å². The van der Waals surface area contributed by atoms with Crippen molar-refractivity contribution in [2.24, 2.45) is 0 Å². The SMILES string of the molecule is COc1ccc(CN(C)C(=O)CN2CCN(c3cccc(Cl)c3)CC2)cc1. The van der Waals surface area contributed by atoms with Crippen molar-refractivity contribution in [2.45, 2.75) is 6.54 Å². The summed E-state index contributed by atoms with van der Waals surface area (Å²) in [5, 5.41) is 0.755. The summed E-state index contributed by atoms with van der Waals surface area (Å²) in [5.41, 5.74) is 2.24. The Hall–Kier alpha value is -2.24. The van der Waals surface area contributed by atoms with Crippen molar-refractivity contribution in [3.05, 3.63) is 59.1 Å². The highest BCUT2D eigenvalue weighted by Gasteiger charge is 2.21. The molecule has 0 saturated carbocycles. The molecule has 27 heavy (non-hydrogen) atoms. The molecule has 1 aliphatic heterocycles. The Bertz CT molecular complexity index is 758. The molecule has 1 saturated heterocycles. The zero-order valence-corrected chi connectivity index (χ0v) is 16.7. The summed E-state index contributed by atoms with van der Waals surface area (Å²) in [6.45, 7) is 4.59. The van der Waals surface area contributed by atoms with Gasteiger partial charge in [-0.15, -0.1) is 0 Å². The third-order valence-corrected chi connectivity index (χ3v) is 5.14. The average Bonchev–Trinajstić information content (AvgIpc) is 2.69. The van der Waals surface area contributed by atoms with Crippen LogP contribution >= 0.6 is 11.6 Å². The van der Waals surface area contributed by atoms with E-state index in [9.17, 15) is 4.79 Å². The maximum atomic E-state index is 12.6. The molecule has 0 radical (unpaired) electrons. The first-order valence-corrected chi connectivity index (χ1v) is 9.53. The van der Waals surface area contributed by atoms with Crippen LogP contribution < -0.4 is 9.64 Å². The van der Waals surface area contributed by atoms with Crippen molar-refractivity contribution in [1.29, 1.82) is 0 Å². The Morgan fingerprint density at radius 3 is 2.44 bits per heavy atom. The zero-order valence-electron chi connectivity index (χ0n) is 15.9. The van der Waals surface area contributed by atoms with E-state index >= 15 is 0 Å². The maximum Gasteiger partial charge on any atom is 0.236 e. The lowest BCUT2D eigenvalue weighted by molar-refractivity contribution is -0.131. The zero-order chi connectivity index (χ0) is 19.2. The highest BCUT2D eigenvalue weighted by Crippen LogP contribution is 2.20. The van der Waals surface area contributed by atoms with Crippen LogP contribution in [0.1, 0.15) is 5.56 Å². The Labute approximate surface area is 166 Å². The summed E-state index contributed by atoms with van der Waals surface area (Å²) in [4.78, 5) is 18.9. The quantitative estimate of drug-likeness (QED) is 0.763. The molecule has 1 aliphatic rings. The number of carbonyl (C=O) groups is 1. The number of likely N-dealkylation sites (N-methyl/N-ethyl adjacent to an activating group) is 1. The van der Waals surface area contributed by atoms with E-state index in [4.69, 9.17) is 16.3 Å². The van der Waals surface area contributed by atoms with Gasteiger partial charge < -0.3 is 14.5 Å². The summed E-state index contributed by atoms with van der Waals surface area (Å²) in [5.74, 6) is 0.965. The van der Waals surface area contributed by atoms with Crippen molar-refractivity contribution < 1.29 is 9.53 Å². The van der Waals surface area contributed by atoms with Crippen molar-refractivity contribution in [1.82, 2.24) is 9.80 Å². The molecular weight excluding hydrogens is 362 g/mol. The number of anilines is 1. The monoisotopic (exact) mass is 387 g/mol. The summed E-state index contributed by atoms with van der Waals surface area (Å²) in [6, 6.07) is 15.8. The molecule has 0 atom stereocenters. The molecule has 0 bridgehead atoms. The summed E-state index contributed by atoms with van der Waals surface area (Å²) < 4.78 is 5.17. The van der Waals surface area contributed by atoms with Gasteiger partial charge in [0.2, 0.25) is 5.91 Å². The summed E-state index contributed by atoms with van der Waals surface area (Å²) >= 11 is 6.09. The van der Waals surface area contributed by atoms with E-state index in [1.807, 2.05) is 49.5 Å². The summed E-state index contributed by atoms with van der Waals surface area (Å²) in [6.07, 6.45) is 0. The molecule has 0 unspecified atom stereocenters. The van der Waals surface area contributed by atoms with Crippen molar-refractivity contribution in [3.63, 3.8) is 0 Å². The minimum Gasteiger partial charge on any atom is -0.497 e. The highest BCUT2D eigenvalue weighted by molar-refractivity contribution is 6.30. The molecule has 6 heteroatoms. The number of hydrogen-bond donors (Lipinski definition) is 0. The Morgan fingerprint density at radius 1 is 1.11 bits per heavy atom. The molecule has 1 heterocycles. The normalized spacial score (nSPS) is 14.9. The van der Waals surface area contributed by atoms with Gasteiger partial charge in [-0.25, -0.2) is 0 Å². The van der Waals surface area contributed by atoms with E-state index in [1.54, 1.807) is 12.0 Å². The molecule has 2 aromatic carbocycles. The van der Waals surface area contributed by atoms with Crippen LogP contribution in [0, 0.1) is 0 Å². The minimum atomic E-state index is 0.141. The van der Waals surface area contributed by atoms with Gasteiger partial charge in [0, 0.05) is 50.5 Å². The van der Waals surface area contributed by atoms with Crippen molar-refractivity contribution in [2.75, 3.05) is 51.8 Å². The summed E-state index contributed by atoms with van der Waals surface area (Å²) in [7, 11) is 3.51. The molecule has 0 aliphatic carbocycles. The Morgan fingerprint density at radius 2 is 1.81 bits per heavy atom. The van der Waals surface area contributed by atoms with Gasteiger partial charge in [0.05, 0.1) is 13.7 Å². The highest BCUT2D eigenvalue weighted by atomic mass is 35.5. The lowest BCUT2D eigenvalue weighted by atomic mass is 10.2. The number of piperazine rings is 1. The van der Waals surface area contributed by atoms with Gasteiger partial charge in [0.15, 0.2) is 0 Å². The van der Waals surface area contributed by atoms with Crippen LogP contribution in [0.5, 0.6) is 5.75 Å². The predicted octanol–water partition coefficient (Wildman–Crippen LogP) is 3.13. The number of nitrogens with zero attached hydrogens (tertiary/aromatic N) is 3. The number of carbonyl (C=O) groups excluding carboxylic acids is 1. The fraction of sp³-hybridized carbons (Fsp3) is 0.381. The molecule has 0 N–H and O–H groups in total. The van der Waals surface area contributed by atoms with Gasteiger partial charge >= 0.3 is 0 Å². The van der Waals surface area contributed by atoms with Gasteiger partial charge in [0.1, 0.15) is 5.75 Å². The topological polar surface area (TPSA) is 36.0 Å². The first-order valence-electron chi connectivity index (χ1n) is 9.15. The van der Waals surface area contributed by atoms with Crippen LogP contribution in [0.3, 0.4) is 0 Å². The molecule has 5 nitrogen and oxygen atoms in total. The molecule has 2 aromatic rings. The van der Waals surface area contributed by atoms with E-state index in [1.165, 1.54) is 0 Å². The standard InChI is InChI=1S/C21H26ClN3O2/c1-23(15-17-6-8-20(27-2)9-7-17)21(26)16-24-10-12-25(13-11-24)19-5-3-4-18(22)14-19/h3-9,14H,10-13,15-16H2,1-2H3. The molecule has 1 amide bonds. The number of methoxy groups -OCH3 is 1. The average molecular weight is 388 g/mol. The fourth-order valence-corrected chi connectivity index (χ4v) is 3.43. The Kier molecular flexibility index (Phi) is 6.58. The second-order valence-corrected chi connectivity index (χ2v) is 7.28. The number of amides is 1. The largest absolute Gasteiger partial charge is 0.497 e. The van der Waals surface area contributed by atoms with Gasteiger partial charge in [-0.05, 0) is 35.9 Å². The molecular formula is C21H26ClN3O2. The van der Waals surface area contributed by atoms with Gasteiger partial charge in [-0.3, -0.25) is 9.69 Å². The van der Waals surface area contributed by atoms with Gasteiger partial charge in [-0.1, -0.05) is 29.8 Å². The third kappa shape index (κ3) is 5.37. The van der Waals surface area contributed by atoms with E-state index in [0.29, 0.717) is 13.1 Å². The number of benzene rings is 2. The first-order chi connectivity index (χ1) is 13.0. The lowest BCUT2D eigenvalue weighted by Crippen LogP contribution is -2.49. The van der Waals surface area contributed by atoms with E-state index in [-0.39, 0.29) is 5.91 Å². The molecule has 1 fully saturated rings. The van der Waals surface area contributed by atoms with E-state index in [2.05, 4.69) is 15.9 Å². The molecule has 0 spiro atoms. The van der Waals surface area contributed by atoms with E-state index < -0.39 is 0 Å². The molecule has 144 valence electrons. The van der Waals surface area contributed by atoms with Gasteiger partial charge in [-0.2, -0.15) is 0 Å². The van der Waals surface area contributed by atoms with Crippen molar-refractivity contribution >= 4 is 23.2 Å². The molecule has 3 rings (SSSR count). The lowest BCUT2D eigenvalue weighted by Gasteiger charge is -2.36. The minimum absolute atomic E-state index is 0.141. The van der Waals surface area contributed by atoms with Crippen LogP contribution in [0.25, 0.3) is 0 Å². The second kappa shape index (κ2) is 9.11. The van der Waals surface area contributed by atoms with Crippen LogP contribution in [-0.4, -0.2) is 62.6 Å². The van der Waals surface area contributed by atoms with Crippen LogP contribution in [0.4, 0.5) is 5.69 Å². The number of hydrogen-bond acceptors (Lipinski definition) is 4. The molecule has 0 aromatic heterocycles. The van der Waals surface area contributed by atoms with Crippen molar-refractivity contribution in [3.8, 4) is 5.75 Å². The number of rotatable bonds is 6. The van der Waals surface area contributed by atoms with Gasteiger partial charge in [0.25, 0.3) is 0 Å².